The number of nitrogens with zero attached hydrogens (tertiary/aromatic N) is 2. The average molecular weight is 357 g/mol. The van der Waals surface area contributed by atoms with Gasteiger partial charge in [-0.15, -0.1) is 11.3 Å². The number of carbonyl (C=O) groups excluding carboxylic acids is 2. The maximum Gasteiger partial charge on any atom is 0.228 e. The number of hydrogen-bond acceptors (Lipinski definition) is 4. The van der Waals surface area contributed by atoms with E-state index in [9.17, 15) is 9.59 Å². The Morgan fingerprint density at radius 3 is 2.84 bits per heavy atom. The third-order valence-electron chi connectivity index (χ3n) is 4.72. The summed E-state index contributed by atoms with van der Waals surface area (Å²) >= 11 is 1.50. The molecule has 0 saturated carbocycles. The highest BCUT2D eigenvalue weighted by Gasteiger charge is 2.23. The zero-order chi connectivity index (χ0) is 18.1. The van der Waals surface area contributed by atoms with Crippen molar-refractivity contribution in [3.05, 3.63) is 28.6 Å². The van der Waals surface area contributed by atoms with Gasteiger partial charge in [-0.25, -0.2) is 4.98 Å². The quantitative estimate of drug-likeness (QED) is 0.899. The van der Waals surface area contributed by atoms with Crippen molar-refractivity contribution >= 4 is 34.0 Å². The molecule has 3 rings (SSSR count). The number of thiazole rings is 1. The number of anilines is 2. The van der Waals surface area contributed by atoms with Crippen LogP contribution < -0.4 is 10.2 Å². The van der Waals surface area contributed by atoms with Crippen molar-refractivity contribution in [3.63, 3.8) is 0 Å². The maximum absolute atomic E-state index is 12.1. The van der Waals surface area contributed by atoms with Crippen LogP contribution in [0.15, 0.2) is 18.2 Å². The summed E-state index contributed by atoms with van der Waals surface area (Å²) in [6.45, 7) is 8.26. The number of amides is 2. The lowest BCUT2D eigenvalue weighted by atomic mass is 10.1. The van der Waals surface area contributed by atoms with Gasteiger partial charge >= 0.3 is 0 Å². The summed E-state index contributed by atoms with van der Waals surface area (Å²) in [6, 6.07) is 6.11. The van der Waals surface area contributed by atoms with Crippen LogP contribution in [0.25, 0.3) is 11.3 Å². The second kappa shape index (κ2) is 6.96. The first kappa shape index (κ1) is 17.6. The molecule has 2 aromatic rings. The number of nitrogens with one attached hydrogen (secondary N) is 1. The Bertz CT molecular complexity index is 828. The van der Waals surface area contributed by atoms with E-state index in [0.717, 1.165) is 41.2 Å². The van der Waals surface area contributed by atoms with E-state index < -0.39 is 0 Å². The van der Waals surface area contributed by atoms with Crippen LogP contribution in [0.3, 0.4) is 0 Å². The van der Waals surface area contributed by atoms with Crippen LogP contribution in [-0.4, -0.2) is 23.3 Å². The minimum absolute atomic E-state index is 0.00820. The van der Waals surface area contributed by atoms with E-state index in [4.69, 9.17) is 0 Å². The number of rotatable bonds is 4. The number of fused-ring (bicyclic) bond motifs is 1. The monoisotopic (exact) mass is 357 g/mol. The summed E-state index contributed by atoms with van der Waals surface area (Å²) in [5.41, 5.74) is 4.09. The number of aryl methyl sites for hydroxylation is 1. The molecule has 1 aromatic carbocycles. The molecule has 0 spiro atoms. The molecule has 2 heterocycles. The normalized spacial score (nSPS) is 14.3. The first-order chi connectivity index (χ1) is 11.9. The second-order valence-electron chi connectivity index (χ2n) is 6.49. The largest absolute Gasteiger partial charge is 0.312 e. The fraction of sp³-hybridized carbons (Fsp3) is 0.421. The molecule has 6 heteroatoms. The van der Waals surface area contributed by atoms with E-state index in [0.29, 0.717) is 5.13 Å². The van der Waals surface area contributed by atoms with Crippen molar-refractivity contribution in [3.8, 4) is 11.3 Å². The van der Waals surface area contributed by atoms with Crippen molar-refractivity contribution in [1.29, 1.82) is 0 Å². The second-order valence-corrected chi connectivity index (χ2v) is 7.69. The Hall–Kier alpha value is -2.21. The van der Waals surface area contributed by atoms with Crippen molar-refractivity contribution in [2.24, 2.45) is 5.92 Å². The maximum atomic E-state index is 12.1. The molecule has 0 radical (unpaired) electrons. The molecule has 25 heavy (non-hydrogen) atoms. The van der Waals surface area contributed by atoms with E-state index in [-0.39, 0.29) is 17.7 Å². The molecule has 1 atom stereocenters. The SMILES string of the molecule is CC[C@H](C)C(=O)Nc1nc(-c2ccc3c(c2)CCN3C(C)=O)c(C)s1. The zero-order valence-electron chi connectivity index (χ0n) is 15.0. The molecule has 0 fully saturated rings. The van der Waals surface area contributed by atoms with Gasteiger partial charge in [-0.2, -0.15) is 0 Å². The number of hydrogen-bond donors (Lipinski definition) is 1. The summed E-state index contributed by atoms with van der Waals surface area (Å²) in [7, 11) is 0. The summed E-state index contributed by atoms with van der Waals surface area (Å²) in [5, 5.41) is 3.56. The van der Waals surface area contributed by atoms with Crippen LogP contribution in [-0.2, 0) is 16.0 Å². The molecule has 5 nitrogen and oxygen atoms in total. The Balaban J connectivity index is 1.86. The lowest BCUT2D eigenvalue weighted by Gasteiger charge is -2.14. The van der Waals surface area contributed by atoms with Crippen molar-refractivity contribution < 1.29 is 9.59 Å². The Labute approximate surface area is 152 Å². The molecule has 0 bridgehead atoms. The van der Waals surface area contributed by atoms with E-state index in [1.165, 1.54) is 16.9 Å². The van der Waals surface area contributed by atoms with Crippen LogP contribution in [0.2, 0.25) is 0 Å². The van der Waals surface area contributed by atoms with E-state index >= 15 is 0 Å². The zero-order valence-corrected chi connectivity index (χ0v) is 15.9. The van der Waals surface area contributed by atoms with Gasteiger partial charge in [0.25, 0.3) is 0 Å². The molecule has 132 valence electrons. The number of benzene rings is 1. The van der Waals surface area contributed by atoms with Crippen LogP contribution in [0.1, 0.15) is 37.6 Å². The molecule has 0 aliphatic carbocycles. The summed E-state index contributed by atoms with van der Waals surface area (Å²) < 4.78 is 0. The topological polar surface area (TPSA) is 62.3 Å². The minimum atomic E-state index is -0.0229. The van der Waals surface area contributed by atoms with E-state index in [1.54, 1.807) is 6.92 Å². The standard InChI is InChI=1S/C19H23N3O2S/c1-5-11(2)18(24)21-19-20-17(12(3)25-19)15-6-7-16-14(10-15)8-9-22(16)13(4)23/h6-7,10-11H,5,8-9H2,1-4H3,(H,20,21,24)/t11-/m0/s1. The molecule has 2 amide bonds. The van der Waals surface area contributed by atoms with Gasteiger partial charge in [0, 0.05) is 35.5 Å². The molecule has 0 unspecified atom stereocenters. The summed E-state index contributed by atoms with van der Waals surface area (Å²) in [6.07, 6.45) is 1.67. The average Bonchev–Trinajstić information content (AvgIpc) is 3.16. The lowest BCUT2D eigenvalue weighted by Crippen LogP contribution is -2.25. The molecule has 1 aliphatic rings. The Kier molecular flexibility index (Phi) is 4.90. The van der Waals surface area contributed by atoms with Gasteiger partial charge in [-0.05, 0) is 37.5 Å². The molecular formula is C19H23N3O2S. The van der Waals surface area contributed by atoms with Crippen LogP contribution in [0.4, 0.5) is 10.8 Å². The Morgan fingerprint density at radius 1 is 1.40 bits per heavy atom. The highest BCUT2D eigenvalue weighted by Crippen LogP contribution is 2.35. The van der Waals surface area contributed by atoms with Crippen molar-refractivity contribution in [2.45, 2.75) is 40.5 Å². The fourth-order valence-corrected chi connectivity index (χ4v) is 3.85. The first-order valence-corrected chi connectivity index (χ1v) is 9.42. The van der Waals surface area contributed by atoms with Gasteiger partial charge in [0.05, 0.1) is 5.69 Å². The predicted octanol–water partition coefficient (Wildman–Crippen LogP) is 4.01. The van der Waals surface area contributed by atoms with E-state index in [1.807, 2.05) is 37.8 Å². The molecular weight excluding hydrogens is 334 g/mol. The third kappa shape index (κ3) is 3.44. The molecule has 1 aliphatic heterocycles. The van der Waals surface area contributed by atoms with Gasteiger partial charge < -0.3 is 10.2 Å². The highest BCUT2D eigenvalue weighted by molar-refractivity contribution is 7.16. The van der Waals surface area contributed by atoms with Gasteiger partial charge in [0.2, 0.25) is 11.8 Å². The van der Waals surface area contributed by atoms with Crippen LogP contribution >= 0.6 is 11.3 Å². The van der Waals surface area contributed by atoms with E-state index in [2.05, 4.69) is 16.4 Å². The molecule has 0 saturated heterocycles. The van der Waals surface area contributed by atoms with Gasteiger partial charge in [0.1, 0.15) is 0 Å². The van der Waals surface area contributed by atoms with Crippen molar-refractivity contribution in [2.75, 3.05) is 16.8 Å². The Morgan fingerprint density at radius 2 is 2.16 bits per heavy atom. The number of aromatic nitrogens is 1. The van der Waals surface area contributed by atoms with Gasteiger partial charge in [0.15, 0.2) is 5.13 Å². The summed E-state index contributed by atoms with van der Waals surface area (Å²) in [4.78, 5) is 31.3. The van der Waals surface area contributed by atoms with Crippen LogP contribution in [0, 0.1) is 12.8 Å². The predicted molar refractivity (Wildman–Crippen MR) is 102 cm³/mol. The van der Waals surface area contributed by atoms with Gasteiger partial charge in [-0.3, -0.25) is 9.59 Å². The number of carbonyl (C=O) groups is 2. The lowest BCUT2D eigenvalue weighted by molar-refractivity contribution is -0.119. The van der Waals surface area contributed by atoms with Crippen LogP contribution in [0.5, 0.6) is 0 Å². The first-order valence-electron chi connectivity index (χ1n) is 8.60. The van der Waals surface area contributed by atoms with Gasteiger partial charge in [-0.1, -0.05) is 19.9 Å². The van der Waals surface area contributed by atoms with Crippen molar-refractivity contribution in [1.82, 2.24) is 4.98 Å². The minimum Gasteiger partial charge on any atom is -0.312 e. The smallest absolute Gasteiger partial charge is 0.228 e. The third-order valence-corrected chi connectivity index (χ3v) is 5.60. The highest BCUT2D eigenvalue weighted by atomic mass is 32.1. The molecule has 1 aromatic heterocycles. The molecule has 1 N–H and O–H groups in total. The summed E-state index contributed by atoms with van der Waals surface area (Å²) in [5.74, 6) is 0.0606. The fourth-order valence-electron chi connectivity index (χ4n) is 3.01.